The molecule has 2 amide bonds. The van der Waals surface area contributed by atoms with E-state index in [0.717, 1.165) is 28.8 Å². The summed E-state index contributed by atoms with van der Waals surface area (Å²) in [6.45, 7) is 7.13. The Balaban J connectivity index is 2.06. The summed E-state index contributed by atoms with van der Waals surface area (Å²) >= 11 is 5.66. The molecule has 0 saturated carbocycles. The monoisotopic (exact) mass is 455 g/mol. The Kier molecular flexibility index (Phi) is 7.72. The first kappa shape index (κ1) is 24.7. The Morgan fingerprint density at radius 1 is 1.06 bits per heavy atom. The number of hydrogen-bond acceptors (Lipinski definition) is 3. The molecule has 31 heavy (non-hydrogen) atoms. The number of nitrogens with zero attached hydrogens (tertiary/aromatic N) is 1. The molecule has 0 aromatic heterocycles. The molecule has 0 aliphatic heterocycles. The van der Waals surface area contributed by atoms with Crippen LogP contribution in [0.2, 0.25) is 5.02 Å². The summed E-state index contributed by atoms with van der Waals surface area (Å²) in [6.07, 6.45) is -4.67. The Morgan fingerprint density at radius 2 is 1.65 bits per heavy atom. The standard InChI is InChI=1S/C22H25ClF3N3O2/c1-12-8-13(2)20(14(3)9-12)28-19(30)11-29(5)15(4)21(31)27-18-7-6-16(23)10-17(18)22(24,25)26/h6-10,15H,11H2,1-5H3,(H,27,31)(H,28,30). The second-order valence-corrected chi connectivity index (χ2v) is 8.03. The number of anilines is 2. The summed E-state index contributed by atoms with van der Waals surface area (Å²) in [4.78, 5) is 26.4. The van der Waals surface area contributed by atoms with Crippen LogP contribution in [0.3, 0.4) is 0 Å². The summed E-state index contributed by atoms with van der Waals surface area (Å²) in [5.74, 6) is -1.01. The van der Waals surface area contributed by atoms with E-state index in [1.807, 2.05) is 32.9 Å². The van der Waals surface area contributed by atoms with Gasteiger partial charge in [0, 0.05) is 10.7 Å². The Bertz CT molecular complexity index is 969. The number of aryl methyl sites for hydroxylation is 3. The first-order chi connectivity index (χ1) is 14.3. The van der Waals surface area contributed by atoms with Crippen molar-refractivity contribution < 1.29 is 22.8 Å². The van der Waals surface area contributed by atoms with Crippen LogP contribution in [0.25, 0.3) is 0 Å². The van der Waals surface area contributed by atoms with Crippen molar-refractivity contribution in [2.75, 3.05) is 24.2 Å². The lowest BCUT2D eigenvalue weighted by Gasteiger charge is -2.24. The van der Waals surface area contributed by atoms with E-state index in [1.54, 1.807) is 7.05 Å². The van der Waals surface area contributed by atoms with Gasteiger partial charge in [0.15, 0.2) is 0 Å². The molecule has 1 unspecified atom stereocenters. The van der Waals surface area contributed by atoms with E-state index in [4.69, 9.17) is 11.6 Å². The number of likely N-dealkylation sites (N-methyl/N-ethyl adjacent to an activating group) is 1. The van der Waals surface area contributed by atoms with Crippen LogP contribution in [0.5, 0.6) is 0 Å². The lowest BCUT2D eigenvalue weighted by atomic mass is 10.1. The molecule has 0 bridgehead atoms. The summed E-state index contributed by atoms with van der Waals surface area (Å²) in [5, 5.41) is 5.03. The Hall–Kier alpha value is -2.58. The van der Waals surface area contributed by atoms with Crippen LogP contribution >= 0.6 is 11.6 Å². The summed E-state index contributed by atoms with van der Waals surface area (Å²) in [7, 11) is 1.55. The molecule has 168 valence electrons. The molecular formula is C22H25ClF3N3O2. The van der Waals surface area contributed by atoms with Gasteiger partial charge in [-0.1, -0.05) is 29.3 Å². The van der Waals surface area contributed by atoms with Crippen molar-refractivity contribution in [3.63, 3.8) is 0 Å². The molecule has 0 radical (unpaired) electrons. The number of rotatable bonds is 6. The number of nitrogens with one attached hydrogen (secondary N) is 2. The Morgan fingerprint density at radius 3 is 2.19 bits per heavy atom. The van der Waals surface area contributed by atoms with Crippen molar-refractivity contribution >= 4 is 34.8 Å². The van der Waals surface area contributed by atoms with Crippen LogP contribution < -0.4 is 10.6 Å². The first-order valence-corrected chi connectivity index (χ1v) is 9.93. The SMILES string of the molecule is Cc1cc(C)c(NC(=O)CN(C)C(C)C(=O)Nc2ccc(Cl)cc2C(F)(F)F)c(C)c1. The van der Waals surface area contributed by atoms with Crippen molar-refractivity contribution in [3.8, 4) is 0 Å². The first-order valence-electron chi connectivity index (χ1n) is 9.55. The van der Waals surface area contributed by atoms with Gasteiger partial charge in [-0.25, -0.2) is 0 Å². The molecule has 5 nitrogen and oxygen atoms in total. The second kappa shape index (κ2) is 9.70. The van der Waals surface area contributed by atoms with Crippen LogP contribution in [0, 0.1) is 20.8 Å². The molecule has 0 spiro atoms. The molecule has 2 rings (SSSR count). The molecule has 0 heterocycles. The van der Waals surface area contributed by atoms with Gasteiger partial charge in [0.2, 0.25) is 11.8 Å². The number of amides is 2. The van der Waals surface area contributed by atoms with E-state index >= 15 is 0 Å². The quantitative estimate of drug-likeness (QED) is 0.630. The highest BCUT2D eigenvalue weighted by Gasteiger charge is 2.34. The van der Waals surface area contributed by atoms with Crippen LogP contribution in [-0.4, -0.2) is 36.3 Å². The molecule has 1 atom stereocenters. The number of benzene rings is 2. The van der Waals surface area contributed by atoms with Crippen molar-refractivity contribution in [2.24, 2.45) is 0 Å². The maximum Gasteiger partial charge on any atom is 0.418 e. The highest BCUT2D eigenvalue weighted by atomic mass is 35.5. The topological polar surface area (TPSA) is 61.4 Å². The second-order valence-electron chi connectivity index (χ2n) is 7.59. The zero-order chi connectivity index (χ0) is 23.5. The maximum absolute atomic E-state index is 13.2. The fourth-order valence-electron chi connectivity index (χ4n) is 3.22. The predicted molar refractivity (Wildman–Crippen MR) is 116 cm³/mol. The van der Waals surface area contributed by atoms with Gasteiger partial charge in [0.05, 0.1) is 23.8 Å². The number of alkyl halides is 3. The van der Waals surface area contributed by atoms with Crippen molar-refractivity contribution in [3.05, 3.63) is 57.6 Å². The van der Waals surface area contributed by atoms with Crippen LogP contribution in [0.4, 0.5) is 24.5 Å². The smallest absolute Gasteiger partial charge is 0.324 e. The fraction of sp³-hybridized carbons (Fsp3) is 0.364. The largest absolute Gasteiger partial charge is 0.418 e. The van der Waals surface area contributed by atoms with Gasteiger partial charge in [-0.15, -0.1) is 0 Å². The maximum atomic E-state index is 13.2. The summed E-state index contributed by atoms with van der Waals surface area (Å²) in [5.41, 5.74) is 2.19. The fourth-order valence-corrected chi connectivity index (χ4v) is 3.39. The molecular weight excluding hydrogens is 431 g/mol. The lowest BCUT2D eigenvalue weighted by Crippen LogP contribution is -2.43. The number of carbonyl (C=O) groups excluding carboxylic acids is 2. The van der Waals surface area contributed by atoms with E-state index in [2.05, 4.69) is 10.6 Å². The third-order valence-corrected chi connectivity index (χ3v) is 5.16. The minimum Gasteiger partial charge on any atom is -0.324 e. The van der Waals surface area contributed by atoms with Crippen molar-refractivity contribution in [1.82, 2.24) is 4.90 Å². The minimum absolute atomic E-state index is 0.0890. The van der Waals surface area contributed by atoms with Crippen molar-refractivity contribution in [2.45, 2.75) is 39.9 Å². The van der Waals surface area contributed by atoms with Gasteiger partial charge in [-0.05, 0) is 64.1 Å². The van der Waals surface area contributed by atoms with Gasteiger partial charge in [0.1, 0.15) is 0 Å². The van der Waals surface area contributed by atoms with Gasteiger partial charge in [-0.2, -0.15) is 13.2 Å². The average Bonchev–Trinajstić information content (AvgIpc) is 2.64. The molecule has 2 aromatic rings. The van der Waals surface area contributed by atoms with Crippen LogP contribution in [0.15, 0.2) is 30.3 Å². The van der Waals surface area contributed by atoms with Crippen molar-refractivity contribution in [1.29, 1.82) is 0 Å². The zero-order valence-electron chi connectivity index (χ0n) is 17.9. The molecule has 0 aliphatic carbocycles. The van der Waals surface area contributed by atoms with E-state index in [-0.39, 0.29) is 17.5 Å². The third kappa shape index (κ3) is 6.45. The van der Waals surface area contributed by atoms with Crippen LogP contribution in [-0.2, 0) is 15.8 Å². The number of carbonyl (C=O) groups is 2. The molecule has 0 saturated heterocycles. The number of hydrogen-bond donors (Lipinski definition) is 2. The normalized spacial score (nSPS) is 12.6. The molecule has 2 aromatic carbocycles. The molecule has 9 heteroatoms. The van der Waals surface area contributed by atoms with E-state index in [1.165, 1.54) is 17.9 Å². The molecule has 0 fully saturated rings. The number of halogens is 4. The highest BCUT2D eigenvalue weighted by Crippen LogP contribution is 2.36. The molecule has 2 N–H and O–H groups in total. The van der Waals surface area contributed by atoms with Gasteiger partial charge >= 0.3 is 6.18 Å². The van der Waals surface area contributed by atoms with E-state index in [9.17, 15) is 22.8 Å². The third-order valence-electron chi connectivity index (χ3n) is 4.92. The summed E-state index contributed by atoms with van der Waals surface area (Å²) in [6, 6.07) is 6.17. The average molecular weight is 456 g/mol. The lowest BCUT2D eigenvalue weighted by molar-refractivity contribution is -0.137. The minimum atomic E-state index is -4.67. The molecule has 0 aliphatic rings. The van der Waals surface area contributed by atoms with E-state index < -0.39 is 29.4 Å². The van der Waals surface area contributed by atoms with Gasteiger partial charge in [0.25, 0.3) is 0 Å². The van der Waals surface area contributed by atoms with Gasteiger partial charge in [-0.3, -0.25) is 14.5 Å². The van der Waals surface area contributed by atoms with Crippen LogP contribution in [0.1, 0.15) is 29.2 Å². The zero-order valence-corrected chi connectivity index (χ0v) is 18.7. The summed E-state index contributed by atoms with van der Waals surface area (Å²) < 4.78 is 39.7. The Labute approximate surface area is 184 Å². The van der Waals surface area contributed by atoms with Gasteiger partial charge < -0.3 is 10.6 Å². The predicted octanol–water partition coefficient (Wildman–Crippen LogP) is 5.18. The van der Waals surface area contributed by atoms with E-state index in [0.29, 0.717) is 5.69 Å². The highest BCUT2D eigenvalue weighted by molar-refractivity contribution is 6.30.